The fraction of sp³-hybridized carbons (Fsp3) is 0.391. The van der Waals surface area contributed by atoms with E-state index in [2.05, 4.69) is 65.5 Å². The van der Waals surface area contributed by atoms with E-state index in [1.165, 1.54) is 35.4 Å². The predicted octanol–water partition coefficient (Wildman–Crippen LogP) is 4.09. The molecule has 1 fully saturated rings. The fourth-order valence-electron chi connectivity index (χ4n) is 4.14. The minimum absolute atomic E-state index is 0.515. The Bertz CT molecular complexity index is 884. The fourth-order valence-corrected chi connectivity index (χ4v) is 4.14. The van der Waals surface area contributed by atoms with Gasteiger partial charge < -0.3 is 0 Å². The minimum atomic E-state index is 0.515. The van der Waals surface area contributed by atoms with Crippen LogP contribution in [-0.4, -0.2) is 32.8 Å². The highest BCUT2D eigenvalue weighted by molar-refractivity contribution is 5.30. The third kappa shape index (κ3) is 4.45. The Morgan fingerprint density at radius 2 is 1.93 bits per heavy atom. The van der Waals surface area contributed by atoms with Crippen molar-refractivity contribution in [3.8, 4) is 0 Å². The molecule has 1 aliphatic rings. The standard InChI is InChI=1S/C23H28N4/c1-18-13-20(14-19-7-4-3-5-8-19)15-23(25-18)21-9-6-12-27(16-21)17-22-10-11-24-26(22)2/h3-5,7-8,10-11,13,15,21H,6,9,12,14,16-17H2,1-2H3. The maximum Gasteiger partial charge on any atom is 0.0521 e. The van der Waals surface area contributed by atoms with Gasteiger partial charge in [-0.2, -0.15) is 5.10 Å². The van der Waals surface area contributed by atoms with Gasteiger partial charge in [-0.25, -0.2) is 0 Å². The Kier molecular flexibility index (Phi) is 5.35. The molecule has 0 saturated carbocycles. The summed E-state index contributed by atoms with van der Waals surface area (Å²) in [5.74, 6) is 0.515. The third-order valence-electron chi connectivity index (χ3n) is 5.52. The van der Waals surface area contributed by atoms with Crippen molar-refractivity contribution in [3.63, 3.8) is 0 Å². The van der Waals surface area contributed by atoms with Crippen molar-refractivity contribution in [1.29, 1.82) is 0 Å². The number of aromatic nitrogens is 3. The van der Waals surface area contributed by atoms with E-state index >= 15 is 0 Å². The van der Waals surface area contributed by atoms with Crippen molar-refractivity contribution >= 4 is 0 Å². The average molecular weight is 361 g/mol. The lowest BCUT2D eigenvalue weighted by Gasteiger charge is -2.32. The summed E-state index contributed by atoms with van der Waals surface area (Å²) in [7, 11) is 2.02. The molecule has 4 nitrogen and oxygen atoms in total. The summed E-state index contributed by atoms with van der Waals surface area (Å²) in [5.41, 5.74) is 6.39. The first kappa shape index (κ1) is 17.9. The second-order valence-corrected chi connectivity index (χ2v) is 7.72. The number of hydrogen-bond acceptors (Lipinski definition) is 3. The minimum Gasteiger partial charge on any atom is -0.297 e. The summed E-state index contributed by atoms with van der Waals surface area (Å²) < 4.78 is 1.98. The number of pyridine rings is 1. The highest BCUT2D eigenvalue weighted by atomic mass is 15.3. The van der Waals surface area contributed by atoms with Gasteiger partial charge in [0.05, 0.1) is 5.69 Å². The molecule has 1 atom stereocenters. The molecule has 1 saturated heterocycles. The second kappa shape index (κ2) is 8.05. The molecule has 0 amide bonds. The summed E-state index contributed by atoms with van der Waals surface area (Å²) in [6.45, 7) is 5.32. The molecular weight excluding hydrogens is 332 g/mol. The van der Waals surface area contributed by atoms with Crippen LogP contribution in [0.5, 0.6) is 0 Å². The van der Waals surface area contributed by atoms with E-state index in [4.69, 9.17) is 4.98 Å². The molecule has 2 aromatic heterocycles. The maximum absolute atomic E-state index is 4.90. The number of nitrogens with zero attached hydrogens (tertiary/aromatic N) is 4. The van der Waals surface area contributed by atoms with Crippen LogP contribution in [0.1, 0.15) is 47.0 Å². The van der Waals surface area contributed by atoms with E-state index in [-0.39, 0.29) is 0 Å². The molecule has 0 bridgehead atoms. The van der Waals surface area contributed by atoms with Gasteiger partial charge in [-0.1, -0.05) is 30.3 Å². The van der Waals surface area contributed by atoms with Gasteiger partial charge >= 0.3 is 0 Å². The molecule has 1 aliphatic heterocycles. The molecule has 0 N–H and O–H groups in total. The van der Waals surface area contributed by atoms with E-state index in [0.717, 1.165) is 31.7 Å². The van der Waals surface area contributed by atoms with Gasteiger partial charge in [0.15, 0.2) is 0 Å². The van der Waals surface area contributed by atoms with Gasteiger partial charge in [-0.3, -0.25) is 14.6 Å². The van der Waals surface area contributed by atoms with Gasteiger partial charge in [-0.15, -0.1) is 0 Å². The van der Waals surface area contributed by atoms with E-state index < -0.39 is 0 Å². The Morgan fingerprint density at radius 1 is 1.07 bits per heavy atom. The molecule has 0 aliphatic carbocycles. The predicted molar refractivity (Wildman–Crippen MR) is 109 cm³/mol. The summed E-state index contributed by atoms with van der Waals surface area (Å²) in [4.78, 5) is 7.45. The van der Waals surface area contributed by atoms with Crippen molar-refractivity contribution in [1.82, 2.24) is 19.7 Å². The molecule has 140 valence electrons. The van der Waals surface area contributed by atoms with Crippen LogP contribution in [0.15, 0.2) is 54.7 Å². The first-order valence-corrected chi connectivity index (χ1v) is 9.88. The van der Waals surface area contributed by atoms with Crippen LogP contribution in [0, 0.1) is 6.92 Å². The van der Waals surface area contributed by atoms with E-state index in [1.54, 1.807) is 0 Å². The van der Waals surface area contributed by atoms with Crippen molar-refractivity contribution in [2.45, 2.75) is 38.6 Å². The zero-order valence-electron chi connectivity index (χ0n) is 16.3. The number of hydrogen-bond donors (Lipinski definition) is 0. The first-order valence-electron chi connectivity index (χ1n) is 9.88. The highest BCUT2D eigenvalue weighted by Crippen LogP contribution is 2.28. The van der Waals surface area contributed by atoms with Crippen LogP contribution < -0.4 is 0 Å². The van der Waals surface area contributed by atoms with Crippen LogP contribution in [0.4, 0.5) is 0 Å². The monoisotopic (exact) mass is 360 g/mol. The average Bonchev–Trinajstić information content (AvgIpc) is 3.07. The zero-order valence-corrected chi connectivity index (χ0v) is 16.3. The van der Waals surface area contributed by atoms with Crippen LogP contribution in [0.2, 0.25) is 0 Å². The lowest BCUT2D eigenvalue weighted by molar-refractivity contribution is 0.194. The molecule has 4 rings (SSSR count). The van der Waals surface area contributed by atoms with E-state index in [0.29, 0.717) is 5.92 Å². The molecule has 4 heteroatoms. The number of benzene rings is 1. The number of aryl methyl sites for hydroxylation is 2. The molecular formula is C23H28N4. The smallest absolute Gasteiger partial charge is 0.0521 e. The molecule has 0 radical (unpaired) electrons. The van der Waals surface area contributed by atoms with Gasteiger partial charge in [0, 0.05) is 43.6 Å². The van der Waals surface area contributed by atoms with Crippen molar-refractivity contribution in [2.24, 2.45) is 7.05 Å². The van der Waals surface area contributed by atoms with Gasteiger partial charge in [0.25, 0.3) is 0 Å². The number of likely N-dealkylation sites (tertiary alicyclic amines) is 1. The molecule has 1 aromatic carbocycles. The Labute approximate surface area is 161 Å². The van der Waals surface area contributed by atoms with E-state index in [9.17, 15) is 0 Å². The lowest BCUT2D eigenvalue weighted by atomic mass is 9.92. The lowest BCUT2D eigenvalue weighted by Crippen LogP contribution is -2.34. The molecule has 3 aromatic rings. The van der Waals surface area contributed by atoms with Gasteiger partial charge in [0.2, 0.25) is 0 Å². The summed E-state index contributed by atoms with van der Waals surface area (Å²) in [6.07, 6.45) is 5.31. The summed E-state index contributed by atoms with van der Waals surface area (Å²) in [5, 5.41) is 4.30. The second-order valence-electron chi connectivity index (χ2n) is 7.72. The first-order chi connectivity index (χ1) is 13.2. The van der Waals surface area contributed by atoms with Crippen LogP contribution >= 0.6 is 0 Å². The Balaban J connectivity index is 1.49. The molecule has 0 spiro atoms. The van der Waals surface area contributed by atoms with Crippen molar-refractivity contribution in [3.05, 3.63) is 82.9 Å². The molecule has 27 heavy (non-hydrogen) atoms. The third-order valence-corrected chi connectivity index (χ3v) is 5.52. The van der Waals surface area contributed by atoms with Crippen LogP contribution in [0.25, 0.3) is 0 Å². The summed E-state index contributed by atoms with van der Waals surface area (Å²) >= 11 is 0. The quantitative estimate of drug-likeness (QED) is 0.687. The van der Waals surface area contributed by atoms with Gasteiger partial charge in [-0.05, 0) is 62.1 Å². The number of rotatable bonds is 5. The van der Waals surface area contributed by atoms with Crippen molar-refractivity contribution < 1.29 is 0 Å². The zero-order chi connectivity index (χ0) is 18.6. The Hall–Kier alpha value is -2.46. The highest BCUT2D eigenvalue weighted by Gasteiger charge is 2.23. The normalized spacial score (nSPS) is 17.9. The summed E-state index contributed by atoms with van der Waals surface area (Å²) in [6, 6.07) is 17.4. The van der Waals surface area contributed by atoms with E-state index in [1.807, 2.05) is 17.9 Å². The molecule has 1 unspecified atom stereocenters. The van der Waals surface area contributed by atoms with Crippen molar-refractivity contribution in [2.75, 3.05) is 13.1 Å². The van der Waals surface area contributed by atoms with Crippen LogP contribution in [0.3, 0.4) is 0 Å². The Morgan fingerprint density at radius 3 is 2.70 bits per heavy atom. The topological polar surface area (TPSA) is 34.0 Å². The largest absolute Gasteiger partial charge is 0.297 e. The molecule has 3 heterocycles. The SMILES string of the molecule is Cc1cc(Cc2ccccc2)cc(C2CCCN(Cc3ccnn3C)C2)n1. The number of piperidine rings is 1. The maximum atomic E-state index is 4.90. The van der Waals surface area contributed by atoms with Crippen LogP contribution in [-0.2, 0) is 20.0 Å². The van der Waals surface area contributed by atoms with Gasteiger partial charge in [0.1, 0.15) is 0 Å².